The predicted octanol–water partition coefficient (Wildman–Crippen LogP) is 4.17. The minimum atomic E-state index is 0.491. The van der Waals surface area contributed by atoms with E-state index >= 15 is 0 Å². The highest BCUT2D eigenvalue weighted by atomic mass is 35.5. The summed E-state index contributed by atoms with van der Waals surface area (Å²) < 4.78 is 5.72. The van der Waals surface area contributed by atoms with Crippen LogP contribution in [0.25, 0.3) is 0 Å². The molecule has 0 bridgehead atoms. The van der Waals surface area contributed by atoms with Gasteiger partial charge in [-0.05, 0) is 23.6 Å². The van der Waals surface area contributed by atoms with E-state index < -0.39 is 0 Å². The molecule has 1 aliphatic rings. The van der Waals surface area contributed by atoms with Crippen molar-refractivity contribution in [3.8, 4) is 11.5 Å². The van der Waals surface area contributed by atoms with Gasteiger partial charge in [0.05, 0.1) is 0 Å². The van der Waals surface area contributed by atoms with Crippen molar-refractivity contribution in [2.24, 2.45) is 4.99 Å². The molecule has 2 heterocycles. The molecule has 0 amide bonds. The Morgan fingerprint density at radius 1 is 1.13 bits per heavy atom. The second kappa shape index (κ2) is 3.36. The number of thiophene rings is 1. The summed E-state index contributed by atoms with van der Waals surface area (Å²) >= 11 is 7.63. The second-order valence-corrected chi connectivity index (χ2v) is 4.36. The normalized spacial score (nSPS) is 13.3. The molecule has 15 heavy (non-hydrogen) atoms. The van der Waals surface area contributed by atoms with Gasteiger partial charge >= 0.3 is 0 Å². The second-order valence-electron chi connectivity index (χ2n) is 3.09. The van der Waals surface area contributed by atoms with Crippen LogP contribution in [0.5, 0.6) is 11.5 Å². The number of halogens is 1. The molecule has 1 aliphatic heterocycles. The maximum atomic E-state index is 6.10. The Labute approximate surface area is 95.8 Å². The van der Waals surface area contributed by atoms with Gasteiger partial charge < -0.3 is 4.74 Å². The maximum Gasteiger partial charge on any atom is 0.153 e. The average molecular weight is 236 g/mol. The van der Waals surface area contributed by atoms with Crippen LogP contribution in [0.3, 0.4) is 0 Å². The number of hydrogen-bond donors (Lipinski definition) is 0. The number of para-hydroxylation sites is 2. The van der Waals surface area contributed by atoms with E-state index in [2.05, 4.69) is 4.99 Å². The minimum Gasteiger partial charge on any atom is -0.453 e. The largest absolute Gasteiger partial charge is 0.453 e. The van der Waals surface area contributed by atoms with E-state index in [1.165, 1.54) is 11.3 Å². The third-order valence-corrected chi connectivity index (χ3v) is 3.41. The Kier molecular flexibility index (Phi) is 2.01. The molecular formula is C11H6ClNOS. The number of aliphatic imine (C=N–C) groups is 1. The Morgan fingerprint density at radius 3 is 2.93 bits per heavy atom. The van der Waals surface area contributed by atoms with Crippen LogP contribution in [0.2, 0.25) is 0 Å². The van der Waals surface area contributed by atoms with Crippen molar-refractivity contribution in [2.75, 3.05) is 0 Å². The molecule has 2 nitrogen and oxygen atoms in total. The fraction of sp³-hybridized carbons (Fsp3) is 0. The van der Waals surface area contributed by atoms with Crippen molar-refractivity contribution in [1.29, 1.82) is 0 Å². The standard InChI is InChI=1S/C11H6ClNOS/c12-11-10-9(5-6-15-10)14-8-4-2-1-3-7(8)13-11/h1-6H. The number of nitrogens with zero attached hydrogens (tertiary/aromatic N) is 1. The minimum absolute atomic E-state index is 0.491. The zero-order chi connectivity index (χ0) is 10.3. The van der Waals surface area contributed by atoms with Gasteiger partial charge in [-0.3, -0.25) is 0 Å². The lowest BCUT2D eigenvalue weighted by Gasteiger charge is -2.03. The van der Waals surface area contributed by atoms with Gasteiger partial charge in [0.15, 0.2) is 10.9 Å². The van der Waals surface area contributed by atoms with E-state index in [0.717, 1.165) is 22.1 Å². The number of benzene rings is 1. The van der Waals surface area contributed by atoms with E-state index in [-0.39, 0.29) is 0 Å². The first kappa shape index (κ1) is 8.95. The Hall–Kier alpha value is -1.32. The summed E-state index contributed by atoms with van der Waals surface area (Å²) in [7, 11) is 0. The summed E-state index contributed by atoms with van der Waals surface area (Å²) in [6.07, 6.45) is 0. The quantitative estimate of drug-likeness (QED) is 0.672. The summed E-state index contributed by atoms with van der Waals surface area (Å²) in [4.78, 5) is 5.20. The Morgan fingerprint density at radius 2 is 2.00 bits per heavy atom. The first-order valence-electron chi connectivity index (χ1n) is 4.43. The summed E-state index contributed by atoms with van der Waals surface area (Å²) in [6, 6.07) is 9.50. The smallest absolute Gasteiger partial charge is 0.153 e. The number of hydrogen-bond acceptors (Lipinski definition) is 3. The van der Waals surface area contributed by atoms with Gasteiger partial charge in [-0.1, -0.05) is 23.7 Å². The molecule has 0 unspecified atom stereocenters. The van der Waals surface area contributed by atoms with Crippen LogP contribution in [0.15, 0.2) is 40.7 Å². The zero-order valence-electron chi connectivity index (χ0n) is 7.61. The van der Waals surface area contributed by atoms with Crippen molar-refractivity contribution in [3.05, 3.63) is 40.6 Å². The van der Waals surface area contributed by atoms with Gasteiger partial charge in [-0.25, -0.2) is 4.99 Å². The molecule has 0 saturated heterocycles. The Bertz CT molecular complexity index is 547. The van der Waals surface area contributed by atoms with Crippen molar-refractivity contribution >= 4 is 33.8 Å². The molecule has 74 valence electrons. The lowest BCUT2D eigenvalue weighted by molar-refractivity contribution is 0.487. The van der Waals surface area contributed by atoms with Gasteiger partial charge in [-0.15, -0.1) is 11.3 Å². The Balaban J connectivity index is 2.25. The van der Waals surface area contributed by atoms with E-state index in [1.807, 2.05) is 35.7 Å². The van der Waals surface area contributed by atoms with Crippen molar-refractivity contribution in [3.63, 3.8) is 0 Å². The van der Waals surface area contributed by atoms with Crippen LogP contribution in [0.4, 0.5) is 5.69 Å². The first-order valence-corrected chi connectivity index (χ1v) is 5.69. The van der Waals surface area contributed by atoms with Gasteiger partial charge in [0.1, 0.15) is 16.3 Å². The van der Waals surface area contributed by atoms with Gasteiger partial charge in [0, 0.05) is 0 Å². The highest BCUT2D eigenvalue weighted by Crippen LogP contribution is 2.39. The molecule has 2 aromatic rings. The fourth-order valence-electron chi connectivity index (χ4n) is 1.44. The van der Waals surface area contributed by atoms with Gasteiger partial charge in [-0.2, -0.15) is 0 Å². The lowest BCUT2D eigenvalue weighted by atomic mass is 10.3. The number of ether oxygens (including phenoxy) is 1. The first-order chi connectivity index (χ1) is 7.34. The van der Waals surface area contributed by atoms with E-state index in [9.17, 15) is 0 Å². The molecule has 4 heteroatoms. The molecule has 0 saturated carbocycles. The molecule has 1 aromatic carbocycles. The van der Waals surface area contributed by atoms with Crippen molar-refractivity contribution < 1.29 is 4.74 Å². The van der Waals surface area contributed by atoms with Crippen LogP contribution in [0.1, 0.15) is 4.88 Å². The summed E-state index contributed by atoms with van der Waals surface area (Å²) in [5, 5.41) is 2.43. The monoisotopic (exact) mass is 235 g/mol. The van der Waals surface area contributed by atoms with Crippen LogP contribution in [-0.4, -0.2) is 5.17 Å². The highest BCUT2D eigenvalue weighted by molar-refractivity contribution is 7.14. The number of rotatable bonds is 0. The topological polar surface area (TPSA) is 21.6 Å². The highest BCUT2D eigenvalue weighted by Gasteiger charge is 2.17. The summed E-state index contributed by atoms with van der Waals surface area (Å²) in [6.45, 7) is 0. The summed E-state index contributed by atoms with van der Waals surface area (Å²) in [5.41, 5.74) is 0.769. The number of fused-ring (bicyclic) bond motifs is 2. The van der Waals surface area contributed by atoms with Crippen LogP contribution < -0.4 is 4.74 Å². The molecule has 0 radical (unpaired) electrons. The third-order valence-electron chi connectivity index (χ3n) is 2.12. The van der Waals surface area contributed by atoms with Crippen LogP contribution >= 0.6 is 22.9 Å². The molecule has 0 fully saturated rings. The lowest BCUT2D eigenvalue weighted by Crippen LogP contribution is -1.86. The third kappa shape index (κ3) is 1.44. The van der Waals surface area contributed by atoms with E-state index in [0.29, 0.717) is 5.17 Å². The molecule has 0 N–H and O–H groups in total. The fourth-order valence-corrected chi connectivity index (χ4v) is 2.45. The molecule has 0 spiro atoms. The van der Waals surface area contributed by atoms with Gasteiger partial charge in [0.25, 0.3) is 0 Å². The molecule has 0 aliphatic carbocycles. The van der Waals surface area contributed by atoms with E-state index in [4.69, 9.17) is 16.3 Å². The van der Waals surface area contributed by atoms with Gasteiger partial charge in [0.2, 0.25) is 0 Å². The SMILES string of the molecule is ClC1=Nc2ccccc2Oc2ccsc21. The van der Waals surface area contributed by atoms with E-state index in [1.54, 1.807) is 0 Å². The molecule has 1 aromatic heterocycles. The molecular weight excluding hydrogens is 230 g/mol. The van der Waals surface area contributed by atoms with Crippen LogP contribution in [0, 0.1) is 0 Å². The molecule has 3 rings (SSSR count). The zero-order valence-corrected chi connectivity index (χ0v) is 9.18. The predicted molar refractivity (Wildman–Crippen MR) is 62.9 cm³/mol. The average Bonchev–Trinajstić information content (AvgIpc) is 2.64. The maximum absolute atomic E-state index is 6.10. The van der Waals surface area contributed by atoms with Crippen LogP contribution in [-0.2, 0) is 0 Å². The van der Waals surface area contributed by atoms with Crippen molar-refractivity contribution in [1.82, 2.24) is 0 Å². The summed E-state index contributed by atoms with van der Waals surface area (Å²) in [5.74, 6) is 1.52. The molecule has 0 atom stereocenters. The van der Waals surface area contributed by atoms with Crippen molar-refractivity contribution in [2.45, 2.75) is 0 Å².